The number of aryl methyl sites for hydroxylation is 2. The quantitative estimate of drug-likeness (QED) is 0.143. The van der Waals surface area contributed by atoms with Gasteiger partial charge in [-0.05, 0) is 93.3 Å². The van der Waals surface area contributed by atoms with Crippen molar-refractivity contribution in [1.29, 1.82) is 0 Å². The second-order valence-corrected chi connectivity index (χ2v) is 15.7. The van der Waals surface area contributed by atoms with Gasteiger partial charge in [-0.2, -0.15) is 0 Å². The summed E-state index contributed by atoms with van der Waals surface area (Å²) in [6.07, 6.45) is 4.00. The second-order valence-electron chi connectivity index (χ2n) is 15.7. The van der Waals surface area contributed by atoms with Crippen LogP contribution in [0.4, 0.5) is 0 Å². The molecule has 0 spiro atoms. The molecular formula is C50H47B. The lowest BCUT2D eigenvalue weighted by Crippen LogP contribution is -2.59. The Labute approximate surface area is 305 Å². The molecule has 1 unspecified atom stereocenters. The van der Waals surface area contributed by atoms with E-state index in [1.54, 1.807) is 0 Å². The molecule has 0 nitrogen and oxygen atoms in total. The molecule has 0 amide bonds. The van der Waals surface area contributed by atoms with Crippen LogP contribution in [0.25, 0.3) is 10.8 Å². The summed E-state index contributed by atoms with van der Waals surface area (Å²) >= 11 is 0. The van der Waals surface area contributed by atoms with E-state index in [1.165, 1.54) is 77.2 Å². The van der Waals surface area contributed by atoms with Crippen molar-refractivity contribution in [2.45, 2.75) is 64.7 Å². The standard InChI is InChI=1S/C50H47B/c1-35-30-41(44(38-20-12-7-13-21-38)28-24-36-16-8-5-9-17-36)33-42-32-40-25-27-43(50(2,3)4)34-48(40)51(49(35)42)47-29-26-39-22-14-15-23-45(39)46(47)31-37-18-10-6-11-19-37/h5-23,25-27,29-30,33-34,44H,24,28,31-32H2,1-4H3. The summed E-state index contributed by atoms with van der Waals surface area (Å²) in [4.78, 5) is 0. The second kappa shape index (κ2) is 13.9. The minimum Gasteiger partial charge on any atom is -0.0660 e. The van der Waals surface area contributed by atoms with Crippen molar-refractivity contribution in [2.24, 2.45) is 0 Å². The molecule has 0 saturated heterocycles. The molecule has 1 aliphatic rings. The molecule has 0 bridgehead atoms. The van der Waals surface area contributed by atoms with E-state index in [1.807, 2.05) is 0 Å². The van der Waals surface area contributed by atoms with Crippen LogP contribution < -0.4 is 16.4 Å². The Hall–Kier alpha value is -5.14. The normalized spacial score (nSPS) is 13.1. The number of hydrogen-bond acceptors (Lipinski definition) is 0. The maximum absolute atomic E-state index is 2.58. The Morgan fingerprint density at radius 3 is 1.98 bits per heavy atom. The molecule has 0 radical (unpaired) electrons. The predicted molar refractivity (Wildman–Crippen MR) is 220 cm³/mol. The van der Waals surface area contributed by atoms with Gasteiger partial charge in [0.2, 0.25) is 6.71 Å². The number of benzene rings is 7. The Kier molecular flexibility index (Phi) is 8.99. The molecule has 1 atom stereocenters. The third kappa shape index (κ3) is 6.71. The Morgan fingerprint density at radius 1 is 0.588 bits per heavy atom. The fourth-order valence-electron chi connectivity index (χ4n) is 8.62. The average molecular weight is 659 g/mol. The molecule has 0 aliphatic carbocycles. The van der Waals surface area contributed by atoms with Gasteiger partial charge in [0.25, 0.3) is 0 Å². The lowest BCUT2D eigenvalue weighted by Gasteiger charge is -2.33. The first kappa shape index (κ1) is 33.0. The van der Waals surface area contributed by atoms with E-state index in [-0.39, 0.29) is 12.1 Å². The van der Waals surface area contributed by atoms with Crippen molar-refractivity contribution >= 4 is 33.9 Å². The van der Waals surface area contributed by atoms with E-state index in [2.05, 4.69) is 185 Å². The first-order valence-corrected chi connectivity index (χ1v) is 18.7. The van der Waals surface area contributed by atoms with Crippen molar-refractivity contribution in [3.8, 4) is 0 Å². The van der Waals surface area contributed by atoms with Gasteiger partial charge in [-0.1, -0.05) is 200 Å². The van der Waals surface area contributed by atoms with Gasteiger partial charge >= 0.3 is 0 Å². The van der Waals surface area contributed by atoms with Crippen LogP contribution >= 0.6 is 0 Å². The molecule has 0 fully saturated rings. The maximum Gasteiger partial charge on any atom is 0.242 e. The van der Waals surface area contributed by atoms with E-state index in [0.717, 1.165) is 25.7 Å². The highest BCUT2D eigenvalue weighted by Gasteiger charge is 2.35. The van der Waals surface area contributed by atoms with Crippen LogP contribution in [0.5, 0.6) is 0 Å². The number of rotatable bonds is 8. The van der Waals surface area contributed by atoms with Gasteiger partial charge in [0.05, 0.1) is 0 Å². The van der Waals surface area contributed by atoms with Gasteiger partial charge in [-0.25, -0.2) is 0 Å². The van der Waals surface area contributed by atoms with Crippen molar-refractivity contribution in [2.75, 3.05) is 0 Å². The zero-order valence-electron chi connectivity index (χ0n) is 30.5. The summed E-state index contributed by atoms with van der Waals surface area (Å²) in [5.74, 6) is 0.327. The van der Waals surface area contributed by atoms with Crippen LogP contribution in [0, 0.1) is 6.92 Å². The van der Waals surface area contributed by atoms with E-state index >= 15 is 0 Å². The largest absolute Gasteiger partial charge is 0.242 e. The minimum absolute atomic E-state index is 0.0661. The smallest absolute Gasteiger partial charge is 0.0660 e. The Bertz CT molecular complexity index is 2290. The zero-order valence-corrected chi connectivity index (χ0v) is 30.5. The fraction of sp³-hybridized carbons (Fsp3) is 0.200. The molecule has 7 aromatic rings. The van der Waals surface area contributed by atoms with E-state index in [9.17, 15) is 0 Å². The highest BCUT2D eigenvalue weighted by molar-refractivity contribution is 6.97. The van der Waals surface area contributed by atoms with Gasteiger partial charge in [-0.3, -0.25) is 0 Å². The summed E-state index contributed by atoms with van der Waals surface area (Å²) in [5, 5.41) is 2.67. The zero-order chi connectivity index (χ0) is 35.0. The van der Waals surface area contributed by atoms with E-state index in [4.69, 9.17) is 0 Å². The van der Waals surface area contributed by atoms with Gasteiger partial charge in [0.15, 0.2) is 0 Å². The van der Waals surface area contributed by atoms with Crippen LogP contribution in [-0.4, -0.2) is 6.71 Å². The van der Waals surface area contributed by atoms with Crippen LogP contribution in [0.3, 0.4) is 0 Å². The summed E-state index contributed by atoms with van der Waals surface area (Å²) in [7, 11) is 0. The highest BCUT2D eigenvalue weighted by Crippen LogP contribution is 2.33. The van der Waals surface area contributed by atoms with Crippen LogP contribution in [0.15, 0.2) is 158 Å². The summed E-state index contributed by atoms with van der Waals surface area (Å²) in [6, 6.07) is 59.5. The summed E-state index contributed by atoms with van der Waals surface area (Å²) < 4.78 is 0. The van der Waals surface area contributed by atoms with Crippen molar-refractivity contribution in [3.63, 3.8) is 0 Å². The number of fused-ring (bicyclic) bond motifs is 3. The lowest BCUT2D eigenvalue weighted by molar-refractivity contribution is 0.590. The predicted octanol–water partition coefficient (Wildman–Crippen LogP) is 10.2. The minimum atomic E-state index is 0.0661. The molecule has 8 rings (SSSR count). The average Bonchev–Trinajstić information content (AvgIpc) is 3.15. The first-order valence-electron chi connectivity index (χ1n) is 18.7. The van der Waals surface area contributed by atoms with Gasteiger partial charge in [0, 0.05) is 5.92 Å². The maximum atomic E-state index is 2.58. The summed E-state index contributed by atoms with van der Waals surface area (Å²) in [6.45, 7) is 9.56. The van der Waals surface area contributed by atoms with Crippen LogP contribution in [0.2, 0.25) is 0 Å². The first-order chi connectivity index (χ1) is 24.8. The van der Waals surface area contributed by atoms with Gasteiger partial charge in [0.1, 0.15) is 0 Å². The monoisotopic (exact) mass is 658 g/mol. The Balaban J connectivity index is 1.32. The molecule has 0 saturated carbocycles. The third-order valence-electron chi connectivity index (χ3n) is 11.3. The Morgan fingerprint density at radius 2 is 1.25 bits per heavy atom. The lowest BCUT2D eigenvalue weighted by atomic mass is 9.32. The van der Waals surface area contributed by atoms with Crippen molar-refractivity contribution in [1.82, 2.24) is 0 Å². The summed E-state index contributed by atoms with van der Waals surface area (Å²) in [5.41, 5.74) is 17.2. The van der Waals surface area contributed by atoms with E-state index < -0.39 is 0 Å². The van der Waals surface area contributed by atoms with Gasteiger partial charge < -0.3 is 0 Å². The highest BCUT2D eigenvalue weighted by atomic mass is 14.3. The SMILES string of the molecule is Cc1cc(C(CCc2ccccc2)c2ccccc2)cc2c1B(c1ccc3ccccc3c1Cc1ccccc1)c1cc(C(C)(C)C)ccc1C2. The molecular weight excluding hydrogens is 611 g/mol. The number of hydrogen-bond donors (Lipinski definition) is 0. The van der Waals surface area contributed by atoms with E-state index in [0.29, 0.717) is 5.92 Å². The molecule has 1 heterocycles. The van der Waals surface area contributed by atoms with Gasteiger partial charge in [-0.15, -0.1) is 0 Å². The molecule has 1 heteroatoms. The van der Waals surface area contributed by atoms with Crippen LogP contribution in [-0.2, 0) is 24.7 Å². The topological polar surface area (TPSA) is 0 Å². The molecule has 7 aromatic carbocycles. The van der Waals surface area contributed by atoms with Crippen molar-refractivity contribution < 1.29 is 0 Å². The molecule has 51 heavy (non-hydrogen) atoms. The fourth-order valence-corrected chi connectivity index (χ4v) is 8.62. The molecule has 1 aliphatic heterocycles. The third-order valence-corrected chi connectivity index (χ3v) is 11.3. The van der Waals surface area contributed by atoms with Crippen LogP contribution in [0.1, 0.15) is 83.2 Å². The molecule has 0 aromatic heterocycles. The molecule has 250 valence electrons. The van der Waals surface area contributed by atoms with Crippen molar-refractivity contribution in [3.05, 3.63) is 208 Å². The molecule has 0 N–H and O–H groups in total.